The molecule has 3 aromatic heterocycles. The number of aryl methyl sites for hydroxylation is 1. The molecule has 0 atom stereocenters. The van der Waals surface area contributed by atoms with Crippen LogP contribution in [-0.4, -0.2) is 44.7 Å². The van der Waals surface area contributed by atoms with Gasteiger partial charge in [-0.2, -0.15) is 10.1 Å². The molecule has 1 saturated carbocycles. The minimum atomic E-state index is -2.58. The molecule has 4 rings (SSSR count). The summed E-state index contributed by atoms with van der Waals surface area (Å²) in [5.74, 6) is -2.26. The molecule has 0 aromatic carbocycles. The molecule has 3 heterocycles. The summed E-state index contributed by atoms with van der Waals surface area (Å²) >= 11 is 0. The number of hydrogen-bond donors (Lipinski definition) is 0. The minimum Gasteiger partial charge on any atom is -0.480 e. The van der Waals surface area contributed by atoms with E-state index in [1.165, 1.54) is 14.2 Å². The third-order valence-corrected chi connectivity index (χ3v) is 5.21. The molecule has 0 amide bonds. The molecule has 0 unspecified atom stereocenters. The van der Waals surface area contributed by atoms with Gasteiger partial charge in [0.25, 0.3) is 0 Å². The number of nitrogens with zero attached hydrogens (tertiary/aromatic N) is 5. The van der Waals surface area contributed by atoms with Gasteiger partial charge < -0.3 is 9.47 Å². The maximum absolute atomic E-state index is 13.6. The van der Waals surface area contributed by atoms with E-state index in [0.717, 1.165) is 11.3 Å². The Bertz CT molecular complexity index is 1010. The van der Waals surface area contributed by atoms with Gasteiger partial charge in [-0.3, -0.25) is 0 Å². The van der Waals surface area contributed by atoms with Crippen molar-refractivity contribution in [3.8, 4) is 23.1 Å². The van der Waals surface area contributed by atoms with Crippen molar-refractivity contribution in [2.75, 3.05) is 14.2 Å². The summed E-state index contributed by atoms with van der Waals surface area (Å²) in [6.45, 7) is 1.90. The summed E-state index contributed by atoms with van der Waals surface area (Å²) in [4.78, 5) is 12.8. The van der Waals surface area contributed by atoms with Crippen LogP contribution in [0.4, 0.5) is 8.78 Å². The van der Waals surface area contributed by atoms with Gasteiger partial charge in [0.05, 0.1) is 37.4 Å². The Balaban J connectivity index is 1.84. The molecule has 1 fully saturated rings. The summed E-state index contributed by atoms with van der Waals surface area (Å²) in [6.07, 6.45) is 3.91. The molecule has 148 valence electrons. The Morgan fingerprint density at radius 3 is 2.54 bits per heavy atom. The molecule has 0 N–H and O–H groups in total. The monoisotopic (exact) mass is 389 g/mol. The molecule has 3 aromatic rings. The van der Waals surface area contributed by atoms with Crippen LogP contribution in [0.3, 0.4) is 0 Å². The van der Waals surface area contributed by atoms with E-state index < -0.39 is 5.92 Å². The molecular formula is C19H21F2N5O2. The fraction of sp³-hybridized carbons (Fsp3) is 0.474. The van der Waals surface area contributed by atoms with Crippen LogP contribution in [0.1, 0.15) is 42.9 Å². The van der Waals surface area contributed by atoms with Crippen LogP contribution in [-0.2, 0) is 0 Å². The third-order valence-electron chi connectivity index (χ3n) is 5.21. The van der Waals surface area contributed by atoms with Crippen molar-refractivity contribution < 1.29 is 18.3 Å². The number of aromatic nitrogens is 5. The van der Waals surface area contributed by atoms with Gasteiger partial charge in [-0.05, 0) is 31.7 Å². The highest BCUT2D eigenvalue weighted by molar-refractivity contribution is 5.67. The first-order valence-corrected chi connectivity index (χ1v) is 9.10. The second-order valence-electron chi connectivity index (χ2n) is 7.03. The number of ether oxygens (including phenoxy) is 2. The zero-order chi connectivity index (χ0) is 19.9. The zero-order valence-electron chi connectivity index (χ0n) is 15.9. The number of hydrogen-bond acceptors (Lipinski definition) is 6. The first kappa shape index (κ1) is 18.5. The van der Waals surface area contributed by atoms with Crippen LogP contribution in [0.15, 0.2) is 18.5 Å². The number of alkyl halides is 2. The molecule has 1 aliphatic rings. The van der Waals surface area contributed by atoms with Crippen molar-refractivity contribution in [3.05, 3.63) is 29.7 Å². The van der Waals surface area contributed by atoms with Crippen LogP contribution in [0, 0.1) is 6.92 Å². The molecule has 9 heteroatoms. The standard InChI is InChI=1S/C19H21F2N5O2/c1-11-9-22-16-13(12-4-6-19(20,21)7-5-12)8-15(25-26(11)16)14-10-23-18(28-3)24-17(14)27-2/h8-10,12H,4-7H2,1-3H3. The fourth-order valence-corrected chi connectivity index (χ4v) is 3.67. The lowest BCUT2D eigenvalue weighted by atomic mass is 9.82. The van der Waals surface area contributed by atoms with Gasteiger partial charge in [0, 0.05) is 24.6 Å². The molecule has 0 aliphatic heterocycles. The molecule has 0 radical (unpaired) electrons. The minimum absolute atomic E-state index is 0.00385. The van der Waals surface area contributed by atoms with Crippen molar-refractivity contribution in [3.63, 3.8) is 0 Å². The lowest BCUT2D eigenvalue weighted by molar-refractivity contribution is -0.0381. The quantitative estimate of drug-likeness (QED) is 0.676. The van der Waals surface area contributed by atoms with Crippen LogP contribution < -0.4 is 9.47 Å². The maximum Gasteiger partial charge on any atom is 0.319 e. The number of imidazole rings is 1. The van der Waals surface area contributed by atoms with Gasteiger partial charge in [0.2, 0.25) is 11.8 Å². The van der Waals surface area contributed by atoms with E-state index in [0.29, 0.717) is 35.6 Å². The van der Waals surface area contributed by atoms with E-state index in [1.54, 1.807) is 16.9 Å². The molecule has 0 bridgehead atoms. The zero-order valence-corrected chi connectivity index (χ0v) is 15.9. The highest BCUT2D eigenvalue weighted by atomic mass is 19.3. The van der Waals surface area contributed by atoms with Crippen molar-refractivity contribution in [2.24, 2.45) is 0 Å². The van der Waals surface area contributed by atoms with Gasteiger partial charge in [-0.15, -0.1) is 0 Å². The maximum atomic E-state index is 13.6. The summed E-state index contributed by atoms with van der Waals surface area (Å²) in [5.41, 5.74) is 3.66. The van der Waals surface area contributed by atoms with Crippen LogP contribution in [0.2, 0.25) is 0 Å². The SMILES string of the molecule is COc1ncc(-c2cc(C3CCC(F)(F)CC3)c3ncc(C)n3n2)c(OC)n1. The smallest absolute Gasteiger partial charge is 0.319 e. The molecule has 1 aliphatic carbocycles. The largest absolute Gasteiger partial charge is 0.480 e. The molecule has 0 saturated heterocycles. The van der Waals surface area contributed by atoms with Gasteiger partial charge in [0.15, 0.2) is 5.65 Å². The topological polar surface area (TPSA) is 74.4 Å². The Hall–Kier alpha value is -2.84. The van der Waals surface area contributed by atoms with Crippen LogP contribution in [0.25, 0.3) is 16.9 Å². The van der Waals surface area contributed by atoms with E-state index >= 15 is 0 Å². The average Bonchev–Trinajstić information content (AvgIpc) is 3.08. The van der Waals surface area contributed by atoms with Gasteiger partial charge in [0.1, 0.15) is 0 Å². The summed E-state index contributed by atoms with van der Waals surface area (Å²) in [5, 5.41) is 4.66. The Kier molecular flexibility index (Phi) is 4.60. The van der Waals surface area contributed by atoms with E-state index in [2.05, 4.69) is 20.1 Å². The fourth-order valence-electron chi connectivity index (χ4n) is 3.67. The highest BCUT2D eigenvalue weighted by Crippen LogP contribution is 2.42. The number of methoxy groups -OCH3 is 2. The third kappa shape index (κ3) is 3.25. The highest BCUT2D eigenvalue weighted by Gasteiger charge is 2.36. The molecule has 0 spiro atoms. The van der Waals surface area contributed by atoms with Crippen molar-refractivity contribution in [1.82, 2.24) is 24.6 Å². The number of halogens is 2. The van der Waals surface area contributed by atoms with Crippen molar-refractivity contribution >= 4 is 5.65 Å². The van der Waals surface area contributed by atoms with E-state index in [9.17, 15) is 8.78 Å². The van der Waals surface area contributed by atoms with Gasteiger partial charge >= 0.3 is 6.01 Å². The average molecular weight is 389 g/mol. The van der Waals surface area contributed by atoms with Crippen molar-refractivity contribution in [1.29, 1.82) is 0 Å². The van der Waals surface area contributed by atoms with Gasteiger partial charge in [-0.1, -0.05) is 0 Å². The second kappa shape index (κ2) is 6.96. The van der Waals surface area contributed by atoms with E-state index in [1.807, 2.05) is 13.0 Å². The van der Waals surface area contributed by atoms with Crippen molar-refractivity contribution in [2.45, 2.75) is 44.4 Å². The van der Waals surface area contributed by atoms with E-state index in [4.69, 9.17) is 9.47 Å². The van der Waals surface area contributed by atoms with Crippen LogP contribution in [0.5, 0.6) is 11.9 Å². The lowest BCUT2D eigenvalue weighted by Crippen LogP contribution is -2.24. The number of fused-ring (bicyclic) bond motifs is 1. The van der Waals surface area contributed by atoms with Gasteiger partial charge in [-0.25, -0.2) is 23.3 Å². The lowest BCUT2D eigenvalue weighted by Gasteiger charge is -2.28. The normalized spacial score (nSPS) is 17.0. The molecule has 7 nitrogen and oxygen atoms in total. The predicted molar refractivity (Wildman–Crippen MR) is 98.0 cm³/mol. The van der Waals surface area contributed by atoms with E-state index in [-0.39, 0.29) is 24.8 Å². The predicted octanol–water partition coefficient (Wildman–Crippen LogP) is 3.80. The second-order valence-corrected chi connectivity index (χ2v) is 7.03. The summed E-state index contributed by atoms with van der Waals surface area (Å²) in [6, 6.07) is 2.08. The molecular weight excluding hydrogens is 368 g/mol. The Labute approximate surface area is 160 Å². The first-order chi connectivity index (χ1) is 13.4. The Morgan fingerprint density at radius 2 is 1.86 bits per heavy atom. The summed E-state index contributed by atoms with van der Waals surface area (Å²) < 4.78 is 39.5. The molecule has 28 heavy (non-hydrogen) atoms. The Morgan fingerprint density at radius 1 is 1.11 bits per heavy atom. The first-order valence-electron chi connectivity index (χ1n) is 9.10. The number of rotatable bonds is 4. The summed E-state index contributed by atoms with van der Waals surface area (Å²) in [7, 11) is 2.99. The van der Waals surface area contributed by atoms with Crippen LogP contribution >= 0.6 is 0 Å².